The topological polar surface area (TPSA) is 43.4 Å². The molecule has 2 aromatic rings. The average Bonchev–Trinajstić information content (AvgIpc) is 3.15. The predicted molar refractivity (Wildman–Crippen MR) is 110 cm³/mol. The van der Waals surface area contributed by atoms with Gasteiger partial charge < -0.3 is 4.74 Å². The lowest BCUT2D eigenvalue weighted by Crippen LogP contribution is -2.29. The summed E-state index contributed by atoms with van der Waals surface area (Å²) in [6.07, 6.45) is 1.97. The van der Waals surface area contributed by atoms with Gasteiger partial charge in [0.05, 0.1) is 17.6 Å². The summed E-state index contributed by atoms with van der Waals surface area (Å²) in [5, 5.41) is 0. The number of aryl methyl sites for hydroxylation is 2. The van der Waals surface area contributed by atoms with E-state index in [1.807, 2.05) is 32.0 Å². The monoisotopic (exact) mass is 376 g/mol. The van der Waals surface area contributed by atoms with Crippen LogP contribution in [0.25, 0.3) is 11.1 Å². The van der Waals surface area contributed by atoms with Gasteiger partial charge in [0.2, 0.25) is 0 Å². The van der Waals surface area contributed by atoms with Crippen LogP contribution in [0.4, 0.5) is 0 Å². The van der Waals surface area contributed by atoms with Crippen molar-refractivity contribution in [1.82, 2.24) is 0 Å². The third-order valence-electron chi connectivity index (χ3n) is 6.33. The SMILES string of the molecule is Cc1cc(-c2ccccc2)cc(C)c1C1C(=O)C[C@H]([C@@H]2CCC(C)(C)O2)C1=O. The lowest BCUT2D eigenvalue weighted by atomic mass is 9.85. The third kappa shape index (κ3) is 3.33. The summed E-state index contributed by atoms with van der Waals surface area (Å²) in [5.41, 5.74) is 4.99. The first-order valence-electron chi connectivity index (χ1n) is 10.2. The maximum Gasteiger partial charge on any atom is 0.153 e. The number of ether oxygens (including phenoxy) is 1. The number of ketones is 2. The molecule has 146 valence electrons. The molecule has 0 amide bonds. The first-order chi connectivity index (χ1) is 13.3. The zero-order chi connectivity index (χ0) is 20.1. The Hall–Kier alpha value is -2.26. The van der Waals surface area contributed by atoms with Crippen LogP contribution in [0, 0.1) is 19.8 Å². The molecule has 2 fully saturated rings. The van der Waals surface area contributed by atoms with E-state index >= 15 is 0 Å². The lowest BCUT2D eigenvalue weighted by Gasteiger charge is -2.23. The molecule has 0 spiro atoms. The van der Waals surface area contributed by atoms with E-state index in [1.54, 1.807) is 0 Å². The van der Waals surface area contributed by atoms with E-state index in [4.69, 9.17) is 4.74 Å². The van der Waals surface area contributed by atoms with E-state index in [0.29, 0.717) is 6.42 Å². The molecule has 28 heavy (non-hydrogen) atoms. The van der Waals surface area contributed by atoms with Crippen molar-refractivity contribution in [2.45, 2.75) is 64.6 Å². The van der Waals surface area contributed by atoms with Crippen LogP contribution >= 0.6 is 0 Å². The second-order valence-corrected chi connectivity index (χ2v) is 8.96. The zero-order valence-electron chi connectivity index (χ0n) is 17.1. The fourth-order valence-corrected chi connectivity index (χ4v) is 4.95. The third-order valence-corrected chi connectivity index (χ3v) is 6.33. The van der Waals surface area contributed by atoms with Gasteiger partial charge in [0.15, 0.2) is 5.78 Å². The normalized spacial score (nSPS) is 26.8. The number of benzene rings is 2. The van der Waals surface area contributed by atoms with Crippen molar-refractivity contribution in [3.05, 3.63) is 59.2 Å². The van der Waals surface area contributed by atoms with Crippen molar-refractivity contribution in [2.75, 3.05) is 0 Å². The van der Waals surface area contributed by atoms with Gasteiger partial charge >= 0.3 is 0 Å². The number of hydrogen-bond acceptors (Lipinski definition) is 3. The number of carbonyl (C=O) groups is 2. The Morgan fingerprint density at radius 1 is 0.964 bits per heavy atom. The highest BCUT2D eigenvalue weighted by molar-refractivity contribution is 6.15. The fraction of sp³-hybridized carbons (Fsp3) is 0.440. The summed E-state index contributed by atoms with van der Waals surface area (Å²) in [7, 11) is 0. The van der Waals surface area contributed by atoms with Gasteiger partial charge in [-0.2, -0.15) is 0 Å². The van der Waals surface area contributed by atoms with E-state index < -0.39 is 5.92 Å². The molecule has 3 nitrogen and oxygen atoms in total. The molecule has 3 atom stereocenters. The van der Waals surface area contributed by atoms with Gasteiger partial charge in [-0.3, -0.25) is 9.59 Å². The Morgan fingerprint density at radius 3 is 2.18 bits per heavy atom. The molecule has 2 aliphatic rings. The highest BCUT2D eigenvalue weighted by atomic mass is 16.5. The molecule has 0 aromatic heterocycles. The largest absolute Gasteiger partial charge is 0.372 e. The van der Waals surface area contributed by atoms with E-state index in [2.05, 4.69) is 38.1 Å². The van der Waals surface area contributed by atoms with Crippen molar-refractivity contribution in [3.63, 3.8) is 0 Å². The van der Waals surface area contributed by atoms with E-state index in [9.17, 15) is 9.59 Å². The van der Waals surface area contributed by atoms with Gasteiger partial charge in [-0.1, -0.05) is 42.5 Å². The minimum atomic E-state index is -0.637. The van der Waals surface area contributed by atoms with Crippen LogP contribution in [0.5, 0.6) is 0 Å². The Morgan fingerprint density at radius 2 is 1.61 bits per heavy atom. The maximum absolute atomic E-state index is 13.3. The molecular formula is C25H28O3. The molecule has 2 aromatic carbocycles. The number of rotatable bonds is 3. The smallest absolute Gasteiger partial charge is 0.153 e. The number of hydrogen-bond donors (Lipinski definition) is 0. The van der Waals surface area contributed by atoms with E-state index in [-0.39, 0.29) is 29.2 Å². The zero-order valence-corrected chi connectivity index (χ0v) is 17.1. The molecule has 0 radical (unpaired) electrons. The first kappa shape index (κ1) is 19.1. The van der Waals surface area contributed by atoms with Crippen LogP contribution in [0.2, 0.25) is 0 Å². The van der Waals surface area contributed by atoms with Crippen molar-refractivity contribution in [3.8, 4) is 11.1 Å². The molecule has 0 N–H and O–H groups in total. The van der Waals surface area contributed by atoms with Gasteiger partial charge in [-0.15, -0.1) is 0 Å². The fourth-order valence-electron chi connectivity index (χ4n) is 4.95. The van der Waals surface area contributed by atoms with E-state index in [0.717, 1.165) is 40.7 Å². The highest BCUT2D eigenvalue weighted by Gasteiger charge is 2.49. The maximum atomic E-state index is 13.3. The molecule has 0 bridgehead atoms. The minimum Gasteiger partial charge on any atom is -0.372 e. The summed E-state index contributed by atoms with van der Waals surface area (Å²) < 4.78 is 6.10. The average molecular weight is 376 g/mol. The Kier molecular flexibility index (Phi) is 4.75. The standard InChI is InChI=1S/C25H28O3/c1-15-12-18(17-8-6-5-7-9-17)13-16(2)22(15)23-20(26)14-19(24(23)27)21-10-11-25(3,4)28-21/h5-9,12-13,19,21,23H,10-11,14H2,1-4H3/t19-,21+,23?/m1/s1. The van der Waals surface area contributed by atoms with Gasteiger partial charge in [0.25, 0.3) is 0 Å². The summed E-state index contributed by atoms with van der Waals surface area (Å²) >= 11 is 0. The summed E-state index contributed by atoms with van der Waals surface area (Å²) in [6.45, 7) is 8.14. The lowest BCUT2D eigenvalue weighted by molar-refractivity contribution is -0.128. The minimum absolute atomic E-state index is 0.0435. The number of carbonyl (C=O) groups excluding carboxylic acids is 2. The van der Waals surface area contributed by atoms with Crippen LogP contribution in [0.3, 0.4) is 0 Å². The van der Waals surface area contributed by atoms with Crippen LogP contribution in [-0.4, -0.2) is 23.3 Å². The van der Waals surface area contributed by atoms with Crippen LogP contribution < -0.4 is 0 Å². The van der Waals surface area contributed by atoms with Crippen LogP contribution in [-0.2, 0) is 14.3 Å². The molecular weight excluding hydrogens is 348 g/mol. The molecule has 4 rings (SSSR count). The van der Waals surface area contributed by atoms with Crippen LogP contribution in [0.15, 0.2) is 42.5 Å². The molecule has 1 unspecified atom stereocenters. The molecule has 1 heterocycles. The Bertz CT molecular complexity index is 903. The second kappa shape index (κ2) is 6.97. The second-order valence-electron chi connectivity index (χ2n) is 8.96. The van der Waals surface area contributed by atoms with Gasteiger partial charge in [-0.25, -0.2) is 0 Å². The van der Waals surface area contributed by atoms with E-state index in [1.165, 1.54) is 0 Å². The summed E-state index contributed by atoms with van der Waals surface area (Å²) in [6, 6.07) is 14.4. The molecule has 1 saturated carbocycles. The quantitative estimate of drug-likeness (QED) is 0.694. The molecule has 1 aliphatic carbocycles. The van der Waals surface area contributed by atoms with Gasteiger partial charge in [0, 0.05) is 6.42 Å². The first-order valence-corrected chi connectivity index (χ1v) is 10.2. The van der Waals surface area contributed by atoms with Crippen molar-refractivity contribution in [1.29, 1.82) is 0 Å². The Balaban J connectivity index is 1.65. The van der Waals surface area contributed by atoms with Crippen LogP contribution in [0.1, 0.15) is 55.7 Å². The summed E-state index contributed by atoms with van der Waals surface area (Å²) in [4.78, 5) is 26.2. The summed E-state index contributed by atoms with van der Waals surface area (Å²) in [5.74, 6) is -0.845. The molecule has 1 saturated heterocycles. The number of Topliss-reactive ketones (excluding diaryl/α,β-unsaturated/α-hetero) is 2. The van der Waals surface area contributed by atoms with Gasteiger partial charge in [0.1, 0.15) is 11.7 Å². The highest BCUT2D eigenvalue weighted by Crippen LogP contribution is 2.43. The predicted octanol–water partition coefficient (Wildman–Crippen LogP) is 5.17. The molecule has 1 aliphatic heterocycles. The molecule has 3 heteroatoms. The van der Waals surface area contributed by atoms with Crippen molar-refractivity contribution >= 4 is 11.6 Å². The Labute approximate surface area is 167 Å². The van der Waals surface area contributed by atoms with Crippen molar-refractivity contribution < 1.29 is 14.3 Å². The van der Waals surface area contributed by atoms with Crippen molar-refractivity contribution in [2.24, 2.45) is 5.92 Å². The van der Waals surface area contributed by atoms with Gasteiger partial charge in [-0.05, 0) is 68.4 Å².